The lowest BCUT2D eigenvalue weighted by molar-refractivity contribution is -0.132. The summed E-state index contributed by atoms with van der Waals surface area (Å²) >= 11 is 0. The molecule has 0 saturated heterocycles. The van der Waals surface area contributed by atoms with Gasteiger partial charge < -0.3 is 4.74 Å². The maximum Gasteiger partial charge on any atom is 0.308 e. The van der Waals surface area contributed by atoms with Crippen molar-refractivity contribution < 1.29 is 18.7 Å². The lowest BCUT2D eigenvalue weighted by Crippen LogP contribution is -2.09. The van der Waals surface area contributed by atoms with Gasteiger partial charge in [0.2, 0.25) is 11.9 Å². The summed E-state index contributed by atoms with van der Waals surface area (Å²) < 4.78 is 19.6. The largest absolute Gasteiger partial charge is 0.421 e. The van der Waals surface area contributed by atoms with Crippen LogP contribution < -0.4 is 4.74 Å². The van der Waals surface area contributed by atoms with Gasteiger partial charge in [-0.2, -0.15) is 4.39 Å². The van der Waals surface area contributed by atoms with Crippen LogP contribution >= 0.6 is 0 Å². The molecule has 0 aliphatic rings. The van der Waals surface area contributed by atoms with Gasteiger partial charge in [-0.05, 0) is 12.1 Å². The summed E-state index contributed by atoms with van der Waals surface area (Å²) in [7, 11) is 0. The highest BCUT2D eigenvalue weighted by Crippen LogP contribution is 2.31. The third kappa shape index (κ3) is 1.80. The molecule has 0 bridgehead atoms. The van der Waals surface area contributed by atoms with Crippen molar-refractivity contribution in [3.8, 4) is 5.75 Å². The van der Waals surface area contributed by atoms with Crippen LogP contribution in [0.15, 0.2) is 24.3 Å². The smallest absolute Gasteiger partial charge is 0.308 e. The molecule has 2 rings (SSSR count). The van der Waals surface area contributed by atoms with Crippen LogP contribution in [0.25, 0.3) is 10.9 Å². The van der Waals surface area contributed by atoms with Crippen molar-refractivity contribution in [3.05, 3.63) is 30.2 Å². The van der Waals surface area contributed by atoms with E-state index in [-0.39, 0.29) is 5.75 Å². The van der Waals surface area contributed by atoms with Crippen LogP contribution in [-0.4, -0.2) is 16.4 Å². The van der Waals surface area contributed by atoms with E-state index in [1.54, 1.807) is 24.3 Å². The van der Waals surface area contributed by atoms with Crippen LogP contribution in [0.1, 0.15) is 18.6 Å². The molecule has 88 valence electrons. The SMILES string of the molecule is CC(=O)Oc1c(F)n(C(C)=O)c2ccccc12. The number of aromatic nitrogens is 1. The zero-order valence-corrected chi connectivity index (χ0v) is 9.36. The predicted octanol–water partition coefficient (Wildman–Crippen LogP) is 2.37. The fourth-order valence-electron chi connectivity index (χ4n) is 1.73. The van der Waals surface area contributed by atoms with Crippen molar-refractivity contribution >= 4 is 22.8 Å². The topological polar surface area (TPSA) is 48.3 Å². The average molecular weight is 235 g/mol. The van der Waals surface area contributed by atoms with Gasteiger partial charge in [0.05, 0.1) is 5.52 Å². The molecule has 0 N–H and O–H groups in total. The first-order valence-corrected chi connectivity index (χ1v) is 5.00. The number of hydrogen-bond acceptors (Lipinski definition) is 3. The zero-order valence-electron chi connectivity index (χ0n) is 9.36. The average Bonchev–Trinajstić information content (AvgIpc) is 2.52. The van der Waals surface area contributed by atoms with Crippen molar-refractivity contribution in [2.75, 3.05) is 0 Å². The number of rotatable bonds is 1. The fourth-order valence-corrected chi connectivity index (χ4v) is 1.73. The maximum atomic E-state index is 14.0. The molecular formula is C12H10FNO3. The van der Waals surface area contributed by atoms with Gasteiger partial charge in [-0.15, -0.1) is 0 Å². The van der Waals surface area contributed by atoms with E-state index in [4.69, 9.17) is 4.74 Å². The minimum Gasteiger partial charge on any atom is -0.421 e. The highest BCUT2D eigenvalue weighted by molar-refractivity contribution is 5.96. The van der Waals surface area contributed by atoms with Crippen LogP contribution in [0.5, 0.6) is 5.75 Å². The molecule has 0 spiro atoms. The Balaban J connectivity index is 2.79. The molecule has 0 radical (unpaired) electrons. The van der Waals surface area contributed by atoms with E-state index in [0.717, 1.165) is 4.57 Å². The quantitative estimate of drug-likeness (QED) is 0.713. The van der Waals surface area contributed by atoms with Gasteiger partial charge >= 0.3 is 5.97 Å². The number of esters is 1. The lowest BCUT2D eigenvalue weighted by atomic mass is 10.2. The van der Waals surface area contributed by atoms with E-state index in [0.29, 0.717) is 10.9 Å². The Morgan fingerprint density at radius 3 is 2.47 bits per heavy atom. The number of carbonyl (C=O) groups excluding carboxylic acids is 2. The molecule has 0 saturated carbocycles. The highest BCUT2D eigenvalue weighted by Gasteiger charge is 2.21. The highest BCUT2D eigenvalue weighted by atomic mass is 19.1. The van der Waals surface area contributed by atoms with Crippen molar-refractivity contribution in [2.24, 2.45) is 0 Å². The first kappa shape index (κ1) is 11.3. The second kappa shape index (κ2) is 4.01. The van der Waals surface area contributed by atoms with E-state index < -0.39 is 17.8 Å². The van der Waals surface area contributed by atoms with Gasteiger partial charge in [-0.1, -0.05) is 12.1 Å². The molecule has 0 aliphatic carbocycles. The number of nitrogens with zero attached hydrogens (tertiary/aromatic N) is 1. The number of halogens is 1. The minimum absolute atomic E-state index is 0.205. The van der Waals surface area contributed by atoms with Gasteiger partial charge in [-0.25, -0.2) is 0 Å². The van der Waals surface area contributed by atoms with Crippen LogP contribution in [-0.2, 0) is 4.79 Å². The molecule has 0 unspecified atom stereocenters. The maximum absolute atomic E-state index is 14.0. The molecule has 0 amide bonds. The summed E-state index contributed by atoms with van der Waals surface area (Å²) in [6.45, 7) is 2.42. The van der Waals surface area contributed by atoms with Gasteiger partial charge in [0.15, 0.2) is 5.75 Å². The summed E-state index contributed by atoms with van der Waals surface area (Å²) in [4.78, 5) is 22.3. The fraction of sp³-hybridized carbons (Fsp3) is 0.167. The van der Waals surface area contributed by atoms with Gasteiger partial charge in [-0.3, -0.25) is 14.2 Å². The molecule has 1 heterocycles. The number of fused-ring (bicyclic) bond motifs is 1. The molecule has 0 atom stereocenters. The monoisotopic (exact) mass is 235 g/mol. The van der Waals surface area contributed by atoms with Crippen molar-refractivity contribution in [2.45, 2.75) is 13.8 Å². The third-order valence-corrected chi connectivity index (χ3v) is 2.33. The molecule has 17 heavy (non-hydrogen) atoms. The van der Waals surface area contributed by atoms with Crippen LogP contribution in [0.4, 0.5) is 4.39 Å². The van der Waals surface area contributed by atoms with E-state index in [9.17, 15) is 14.0 Å². The molecular weight excluding hydrogens is 225 g/mol. The molecule has 2 aromatic rings. The van der Waals surface area contributed by atoms with E-state index in [1.165, 1.54) is 13.8 Å². The van der Waals surface area contributed by atoms with Gasteiger partial charge in [0, 0.05) is 19.2 Å². The lowest BCUT2D eigenvalue weighted by Gasteiger charge is -1.99. The summed E-state index contributed by atoms with van der Waals surface area (Å²) in [6.07, 6.45) is 0. The number of carbonyl (C=O) groups is 2. The van der Waals surface area contributed by atoms with Crippen molar-refractivity contribution in [1.82, 2.24) is 4.57 Å². The van der Waals surface area contributed by atoms with E-state index in [2.05, 4.69) is 0 Å². The normalized spacial score (nSPS) is 10.5. The Kier molecular flexibility index (Phi) is 2.67. The molecule has 0 fully saturated rings. The number of para-hydroxylation sites is 1. The molecule has 5 heteroatoms. The number of ether oxygens (including phenoxy) is 1. The third-order valence-electron chi connectivity index (χ3n) is 2.33. The van der Waals surface area contributed by atoms with Gasteiger partial charge in [0.25, 0.3) is 0 Å². The molecule has 0 aliphatic heterocycles. The van der Waals surface area contributed by atoms with Crippen molar-refractivity contribution in [3.63, 3.8) is 0 Å². The molecule has 4 nitrogen and oxygen atoms in total. The first-order chi connectivity index (χ1) is 8.02. The second-order valence-corrected chi connectivity index (χ2v) is 3.59. The second-order valence-electron chi connectivity index (χ2n) is 3.59. The van der Waals surface area contributed by atoms with E-state index in [1.807, 2.05) is 0 Å². The number of benzene rings is 1. The standard InChI is InChI=1S/C12H10FNO3/c1-7(15)14-10-6-4-3-5-9(10)11(12(14)13)17-8(2)16/h3-6H,1-2H3. The minimum atomic E-state index is -0.853. The molecule has 1 aromatic carbocycles. The van der Waals surface area contributed by atoms with Gasteiger partial charge in [0.1, 0.15) is 0 Å². The molecule has 1 aromatic heterocycles. The first-order valence-electron chi connectivity index (χ1n) is 5.00. The van der Waals surface area contributed by atoms with Crippen LogP contribution in [0.2, 0.25) is 0 Å². The summed E-state index contributed by atoms with van der Waals surface area (Å²) in [6, 6.07) is 6.54. The Morgan fingerprint density at radius 2 is 1.88 bits per heavy atom. The number of hydrogen-bond donors (Lipinski definition) is 0. The Hall–Kier alpha value is -2.17. The van der Waals surface area contributed by atoms with Crippen molar-refractivity contribution in [1.29, 1.82) is 0 Å². The Morgan fingerprint density at radius 1 is 1.24 bits per heavy atom. The summed E-state index contributed by atoms with van der Waals surface area (Å²) in [5, 5.41) is 0.399. The summed E-state index contributed by atoms with van der Waals surface area (Å²) in [5.41, 5.74) is 0.383. The summed E-state index contributed by atoms with van der Waals surface area (Å²) in [5.74, 6) is -2.16. The Bertz CT molecular complexity index is 615. The van der Waals surface area contributed by atoms with Crippen LogP contribution in [0, 0.1) is 5.95 Å². The van der Waals surface area contributed by atoms with Crippen LogP contribution in [0.3, 0.4) is 0 Å². The zero-order chi connectivity index (χ0) is 12.6. The van der Waals surface area contributed by atoms with E-state index >= 15 is 0 Å². The Labute approximate surface area is 96.6 Å². The predicted molar refractivity (Wildman–Crippen MR) is 59.5 cm³/mol.